The molecule has 0 heterocycles. The summed E-state index contributed by atoms with van der Waals surface area (Å²) in [5.74, 6) is 0.193. The highest BCUT2D eigenvalue weighted by Crippen LogP contribution is 2.29. The monoisotopic (exact) mass is 261 g/mol. The Labute approximate surface area is 102 Å². The fourth-order valence-electron chi connectivity index (χ4n) is 1.07. The number of halogens is 3. The third-order valence-corrected chi connectivity index (χ3v) is 2.24. The van der Waals surface area contributed by atoms with Crippen molar-refractivity contribution in [2.24, 2.45) is 0 Å². The highest BCUT2D eigenvalue weighted by molar-refractivity contribution is 7.80. The topological polar surface area (TPSA) is 21.3 Å². The Balaban J connectivity index is 2.81. The standard InChI is InChI=1S/C11H10F3NOS/c1-7(16-10(17)15-2)8-3-5-9(6-4-8)11(12,13)14/h3-6H,1H2,2H3,(H,15,17). The first-order valence-electron chi connectivity index (χ1n) is 4.60. The Morgan fingerprint density at radius 3 is 2.24 bits per heavy atom. The maximum atomic E-state index is 12.3. The average Bonchev–Trinajstić information content (AvgIpc) is 2.27. The van der Waals surface area contributed by atoms with Gasteiger partial charge in [0.2, 0.25) is 0 Å². The predicted octanol–water partition coefficient (Wildman–Crippen LogP) is 3.20. The van der Waals surface area contributed by atoms with Crippen LogP contribution in [0.15, 0.2) is 30.8 Å². The summed E-state index contributed by atoms with van der Waals surface area (Å²) in [5, 5.41) is 2.68. The van der Waals surface area contributed by atoms with Gasteiger partial charge in [-0.3, -0.25) is 0 Å². The minimum Gasteiger partial charge on any atom is -0.432 e. The van der Waals surface area contributed by atoms with E-state index in [9.17, 15) is 13.2 Å². The lowest BCUT2D eigenvalue weighted by Gasteiger charge is -2.10. The highest BCUT2D eigenvalue weighted by atomic mass is 32.1. The molecule has 0 saturated carbocycles. The summed E-state index contributed by atoms with van der Waals surface area (Å²) < 4.78 is 42.0. The van der Waals surface area contributed by atoms with E-state index in [0.717, 1.165) is 12.1 Å². The fourth-order valence-corrected chi connectivity index (χ4v) is 1.17. The van der Waals surface area contributed by atoms with Gasteiger partial charge in [0.05, 0.1) is 5.56 Å². The Morgan fingerprint density at radius 2 is 1.82 bits per heavy atom. The lowest BCUT2D eigenvalue weighted by molar-refractivity contribution is -0.137. The van der Waals surface area contributed by atoms with Crippen LogP contribution in [0.3, 0.4) is 0 Å². The Kier molecular flexibility index (Phi) is 4.11. The van der Waals surface area contributed by atoms with Crippen LogP contribution in [-0.2, 0) is 10.9 Å². The van der Waals surface area contributed by atoms with Gasteiger partial charge in [0.15, 0.2) is 0 Å². The van der Waals surface area contributed by atoms with Crippen molar-refractivity contribution in [2.45, 2.75) is 6.18 Å². The summed E-state index contributed by atoms with van der Waals surface area (Å²) in [7, 11) is 1.57. The molecule has 1 aromatic rings. The lowest BCUT2D eigenvalue weighted by Crippen LogP contribution is -2.17. The largest absolute Gasteiger partial charge is 0.432 e. The Hall–Kier alpha value is -1.56. The molecular weight excluding hydrogens is 251 g/mol. The van der Waals surface area contributed by atoms with Crippen LogP contribution < -0.4 is 5.32 Å². The first-order valence-corrected chi connectivity index (χ1v) is 5.01. The van der Waals surface area contributed by atoms with Crippen LogP contribution in [0.25, 0.3) is 5.76 Å². The van der Waals surface area contributed by atoms with Gasteiger partial charge in [0.25, 0.3) is 5.17 Å². The van der Waals surface area contributed by atoms with Gasteiger partial charge in [-0.05, 0) is 24.4 Å². The van der Waals surface area contributed by atoms with Gasteiger partial charge < -0.3 is 10.1 Å². The van der Waals surface area contributed by atoms with Gasteiger partial charge in [-0.2, -0.15) is 13.2 Å². The number of hydrogen-bond donors (Lipinski definition) is 1. The van der Waals surface area contributed by atoms with E-state index in [1.165, 1.54) is 12.1 Å². The molecule has 0 aliphatic carbocycles. The van der Waals surface area contributed by atoms with Gasteiger partial charge in [-0.25, -0.2) is 0 Å². The summed E-state index contributed by atoms with van der Waals surface area (Å²) in [6.45, 7) is 3.57. The predicted molar refractivity (Wildman–Crippen MR) is 63.2 cm³/mol. The minimum atomic E-state index is -4.35. The van der Waals surface area contributed by atoms with E-state index in [2.05, 4.69) is 11.9 Å². The highest BCUT2D eigenvalue weighted by Gasteiger charge is 2.30. The molecular formula is C11H10F3NOS. The van der Waals surface area contributed by atoms with Crippen molar-refractivity contribution in [1.82, 2.24) is 5.32 Å². The maximum absolute atomic E-state index is 12.3. The number of rotatable bonds is 2. The third kappa shape index (κ3) is 3.74. The molecule has 0 unspecified atom stereocenters. The van der Waals surface area contributed by atoms with Gasteiger partial charge in [0.1, 0.15) is 5.76 Å². The quantitative estimate of drug-likeness (QED) is 0.652. The number of nitrogens with one attached hydrogen (secondary N) is 1. The number of benzene rings is 1. The number of hydrogen-bond acceptors (Lipinski definition) is 2. The molecule has 0 spiro atoms. The zero-order valence-corrected chi connectivity index (χ0v) is 9.78. The maximum Gasteiger partial charge on any atom is 0.416 e. The molecule has 0 amide bonds. The van der Waals surface area contributed by atoms with E-state index in [4.69, 9.17) is 17.0 Å². The van der Waals surface area contributed by atoms with Crippen LogP contribution >= 0.6 is 12.2 Å². The van der Waals surface area contributed by atoms with Gasteiger partial charge >= 0.3 is 6.18 Å². The normalized spacial score (nSPS) is 10.8. The van der Waals surface area contributed by atoms with Crippen molar-refractivity contribution >= 4 is 23.2 Å². The van der Waals surface area contributed by atoms with Gasteiger partial charge in [-0.15, -0.1) is 0 Å². The summed E-state index contributed by atoms with van der Waals surface area (Å²) >= 11 is 4.74. The molecule has 1 N–H and O–H groups in total. The Bertz CT molecular complexity index is 425. The number of ether oxygens (including phenoxy) is 1. The van der Waals surface area contributed by atoms with Crippen molar-refractivity contribution in [3.05, 3.63) is 42.0 Å². The molecule has 17 heavy (non-hydrogen) atoms. The molecule has 0 saturated heterocycles. The molecule has 0 bridgehead atoms. The van der Waals surface area contributed by atoms with E-state index < -0.39 is 11.7 Å². The molecule has 0 aliphatic heterocycles. The minimum absolute atomic E-state index is 0.106. The van der Waals surface area contributed by atoms with Crippen molar-refractivity contribution in [2.75, 3.05) is 7.05 Å². The number of thiocarbonyl (C=S) groups is 1. The second kappa shape index (κ2) is 5.18. The van der Waals surface area contributed by atoms with E-state index >= 15 is 0 Å². The average molecular weight is 261 g/mol. The van der Waals surface area contributed by atoms with Crippen LogP contribution in [0, 0.1) is 0 Å². The van der Waals surface area contributed by atoms with Crippen LogP contribution in [-0.4, -0.2) is 12.2 Å². The second-order valence-electron chi connectivity index (χ2n) is 3.14. The lowest BCUT2D eigenvalue weighted by atomic mass is 10.1. The molecule has 0 aromatic heterocycles. The number of alkyl halides is 3. The molecule has 6 heteroatoms. The third-order valence-electron chi connectivity index (χ3n) is 1.95. The van der Waals surface area contributed by atoms with Crippen molar-refractivity contribution in [3.8, 4) is 0 Å². The molecule has 1 aromatic carbocycles. The Morgan fingerprint density at radius 1 is 1.29 bits per heavy atom. The summed E-state index contributed by atoms with van der Waals surface area (Å²) in [5.41, 5.74) is -0.277. The van der Waals surface area contributed by atoms with Crippen LogP contribution in [0.5, 0.6) is 0 Å². The first-order chi connectivity index (χ1) is 7.84. The summed E-state index contributed by atoms with van der Waals surface area (Å²) in [6.07, 6.45) is -4.35. The van der Waals surface area contributed by atoms with Crippen LogP contribution in [0.2, 0.25) is 0 Å². The fraction of sp³-hybridized carbons (Fsp3) is 0.182. The summed E-state index contributed by atoms with van der Waals surface area (Å²) in [6, 6.07) is 4.49. The molecule has 0 atom stereocenters. The first kappa shape index (κ1) is 13.5. The molecule has 2 nitrogen and oxygen atoms in total. The SMILES string of the molecule is C=C(OC(=S)NC)c1ccc(C(F)(F)F)cc1. The van der Waals surface area contributed by atoms with Crippen LogP contribution in [0.1, 0.15) is 11.1 Å². The molecule has 92 valence electrons. The van der Waals surface area contributed by atoms with Crippen LogP contribution in [0.4, 0.5) is 13.2 Å². The van der Waals surface area contributed by atoms with Gasteiger partial charge in [-0.1, -0.05) is 18.7 Å². The van der Waals surface area contributed by atoms with E-state index in [1.807, 2.05) is 0 Å². The zero-order valence-electron chi connectivity index (χ0n) is 8.97. The molecule has 0 aliphatic rings. The van der Waals surface area contributed by atoms with Crippen molar-refractivity contribution < 1.29 is 17.9 Å². The molecule has 1 rings (SSSR count). The van der Waals surface area contributed by atoms with Crippen molar-refractivity contribution in [3.63, 3.8) is 0 Å². The molecule has 0 fully saturated rings. The zero-order chi connectivity index (χ0) is 13.1. The van der Waals surface area contributed by atoms with Gasteiger partial charge in [0, 0.05) is 12.6 Å². The van der Waals surface area contributed by atoms with Crippen molar-refractivity contribution in [1.29, 1.82) is 0 Å². The van der Waals surface area contributed by atoms with E-state index in [1.54, 1.807) is 7.05 Å². The van der Waals surface area contributed by atoms with E-state index in [-0.39, 0.29) is 10.9 Å². The molecule has 0 radical (unpaired) electrons. The van der Waals surface area contributed by atoms with E-state index in [0.29, 0.717) is 5.56 Å². The second-order valence-corrected chi connectivity index (χ2v) is 3.51. The smallest absolute Gasteiger partial charge is 0.416 e. The summed E-state index contributed by atoms with van der Waals surface area (Å²) in [4.78, 5) is 0.